The first kappa shape index (κ1) is 16.1. The van der Waals surface area contributed by atoms with Gasteiger partial charge >= 0.3 is 5.97 Å². The first-order chi connectivity index (χ1) is 9.93. The molecule has 0 spiro atoms. The van der Waals surface area contributed by atoms with Crippen molar-refractivity contribution in [2.45, 2.75) is 12.8 Å². The van der Waals surface area contributed by atoms with Crippen molar-refractivity contribution in [1.82, 2.24) is 9.78 Å². The molecule has 0 aliphatic heterocycles. The van der Waals surface area contributed by atoms with E-state index < -0.39 is 5.97 Å². The molecule has 1 aromatic heterocycles. The van der Waals surface area contributed by atoms with E-state index in [0.717, 1.165) is 0 Å². The van der Waals surface area contributed by atoms with Crippen molar-refractivity contribution in [2.75, 3.05) is 6.61 Å². The molecule has 0 aliphatic rings. The molecule has 0 amide bonds. The summed E-state index contributed by atoms with van der Waals surface area (Å²) in [6, 6.07) is 3.00. The largest absolute Gasteiger partial charge is 0.476 e. The molecule has 0 fully saturated rings. The summed E-state index contributed by atoms with van der Waals surface area (Å²) in [5.41, 5.74) is 0.768. The Bertz CT molecular complexity index is 662. The maximum atomic E-state index is 11.2. The third-order valence-electron chi connectivity index (χ3n) is 2.81. The lowest BCUT2D eigenvalue weighted by molar-refractivity contribution is 0.0688. The number of aromatic nitrogens is 2. The van der Waals surface area contributed by atoms with Gasteiger partial charge in [0.1, 0.15) is 5.69 Å². The van der Waals surface area contributed by atoms with Crippen molar-refractivity contribution in [1.29, 1.82) is 0 Å². The molecule has 0 atom stereocenters. The van der Waals surface area contributed by atoms with Crippen LogP contribution < -0.4 is 0 Å². The summed E-state index contributed by atoms with van der Waals surface area (Å²) in [7, 11) is 0. The minimum absolute atomic E-state index is 0.0350. The Morgan fingerprint density at radius 3 is 2.38 bits per heavy atom. The highest BCUT2D eigenvalue weighted by Gasteiger charge is 2.19. The van der Waals surface area contributed by atoms with Crippen molar-refractivity contribution in [3.05, 3.63) is 44.7 Å². The van der Waals surface area contributed by atoms with E-state index in [1.165, 1.54) is 16.8 Å². The molecule has 0 saturated heterocycles. The summed E-state index contributed by atoms with van der Waals surface area (Å²) in [6.45, 7) is -0.0350. The van der Waals surface area contributed by atoms with E-state index in [0.29, 0.717) is 29.1 Å². The quantitative estimate of drug-likeness (QED) is 0.867. The smallest absolute Gasteiger partial charge is 0.356 e. The molecule has 0 saturated carbocycles. The van der Waals surface area contributed by atoms with Crippen LogP contribution in [0.3, 0.4) is 0 Å². The van der Waals surface area contributed by atoms with Crippen LogP contribution in [0.4, 0.5) is 0 Å². The third kappa shape index (κ3) is 3.49. The van der Waals surface area contributed by atoms with Crippen LogP contribution >= 0.6 is 34.8 Å². The number of aryl methyl sites for hydroxylation is 1. The van der Waals surface area contributed by atoms with Crippen LogP contribution in [0.15, 0.2) is 18.3 Å². The van der Waals surface area contributed by atoms with Gasteiger partial charge in [-0.2, -0.15) is 5.10 Å². The van der Waals surface area contributed by atoms with Gasteiger partial charge in [0.2, 0.25) is 0 Å². The zero-order valence-corrected chi connectivity index (χ0v) is 13.0. The number of halogens is 3. The molecule has 21 heavy (non-hydrogen) atoms. The molecule has 2 rings (SSSR count). The molecule has 0 radical (unpaired) electrons. The molecule has 112 valence electrons. The summed E-state index contributed by atoms with van der Waals surface area (Å²) in [5.74, 6) is -1.15. The number of benzene rings is 1. The van der Waals surface area contributed by atoms with Crippen LogP contribution in [0, 0.1) is 0 Å². The fourth-order valence-corrected chi connectivity index (χ4v) is 2.90. The van der Waals surface area contributed by atoms with E-state index in [-0.39, 0.29) is 22.3 Å². The highest BCUT2D eigenvalue weighted by atomic mass is 35.5. The van der Waals surface area contributed by atoms with Gasteiger partial charge < -0.3 is 10.2 Å². The zero-order chi connectivity index (χ0) is 15.6. The van der Waals surface area contributed by atoms with E-state index in [2.05, 4.69) is 5.10 Å². The first-order valence-corrected chi connectivity index (χ1v) is 7.15. The van der Waals surface area contributed by atoms with Gasteiger partial charge in [0.25, 0.3) is 0 Å². The normalized spacial score (nSPS) is 10.9. The molecule has 2 aromatic rings. The second-order valence-corrected chi connectivity index (χ2v) is 5.55. The second kappa shape index (κ2) is 6.66. The van der Waals surface area contributed by atoms with Gasteiger partial charge in [-0.05, 0) is 25.0 Å². The number of hydrogen-bond acceptors (Lipinski definition) is 3. The minimum atomic E-state index is -1.15. The molecule has 0 aliphatic carbocycles. The van der Waals surface area contributed by atoms with Crippen molar-refractivity contribution in [3.8, 4) is 5.69 Å². The molecular formula is C13H11Cl3N2O3. The molecule has 2 N–H and O–H groups in total. The predicted octanol–water partition coefficient (Wildman–Crippen LogP) is 3.46. The number of carboxylic acids is 1. The lowest BCUT2D eigenvalue weighted by Crippen LogP contribution is -2.04. The predicted molar refractivity (Wildman–Crippen MR) is 81.0 cm³/mol. The van der Waals surface area contributed by atoms with Gasteiger partial charge in [0.15, 0.2) is 5.69 Å². The van der Waals surface area contributed by atoms with Gasteiger partial charge in [0.05, 0.1) is 10.0 Å². The number of nitrogens with zero attached hydrogens (tertiary/aromatic N) is 2. The fraction of sp³-hybridized carbons (Fsp3) is 0.231. The van der Waals surface area contributed by atoms with Crippen LogP contribution in [0.25, 0.3) is 5.69 Å². The summed E-state index contributed by atoms with van der Waals surface area (Å²) in [4.78, 5) is 11.2. The molecule has 1 aromatic carbocycles. The maximum absolute atomic E-state index is 11.2. The lowest BCUT2D eigenvalue weighted by Gasteiger charge is -2.07. The number of aromatic carboxylic acids is 1. The summed E-state index contributed by atoms with van der Waals surface area (Å²) >= 11 is 18.0. The average Bonchev–Trinajstić information content (AvgIpc) is 2.79. The van der Waals surface area contributed by atoms with Gasteiger partial charge in [-0.3, -0.25) is 0 Å². The molecule has 0 bridgehead atoms. The number of carboxylic acid groups (broad SMARTS) is 1. The second-order valence-electron chi connectivity index (χ2n) is 4.30. The Labute approximate surface area is 135 Å². The molecule has 8 heteroatoms. The summed E-state index contributed by atoms with van der Waals surface area (Å²) in [6.07, 6.45) is 2.37. The van der Waals surface area contributed by atoms with Crippen molar-refractivity contribution < 1.29 is 15.0 Å². The first-order valence-electron chi connectivity index (χ1n) is 6.01. The van der Waals surface area contributed by atoms with Crippen molar-refractivity contribution in [3.63, 3.8) is 0 Å². The highest BCUT2D eigenvalue weighted by molar-refractivity contribution is 6.40. The van der Waals surface area contributed by atoms with Gasteiger partial charge in [-0.1, -0.05) is 34.8 Å². The fourth-order valence-electron chi connectivity index (χ4n) is 1.91. The van der Waals surface area contributed by atoms with Crippen molar-refractivity contribution in [2.24, 2.45) is 0 Å². The van der Waals surface area contributed by atoms with E-state index in [9.17, 15) is 9.90 Å². The van der Waals surface area contributed by atoms with Gasteiger partial charge in [0, 0.05) is 23.4 Å². The lowest BCUT2D eigenvalue weighted by atomic mass is 10.1. The van der Waals surface area contributed by atoms with Crippen molar-refractivity contribution >= 4 is 40.8 Å². The SMILES string of the molecule is O=C(O)c1nn(-c2c(Cl)cc(Cl)cc2Cl)cc1CCCO. The Morgan fingerprint density at radius 1 is 1.24 bits per heavy atom. The maximum Gasteiger partial charge on any atom is 0.356 e. The van der Waals surface area contributed by atoms with Crippen LogP contribution in [0.2, 0.25) is 15.1 Å². The third-order valence-corrected chi connectivity index (χ3v) is 3.60. The average molecular weight is 350 g/mol. The summed E-state index contributed by atoms with van der Waals surface area (Å²) in [5, 5.41) is 23.0. The number of aliphatic hydroxyl groups excluding tert-OH is 1. The van der Waals surface area contributed by atoms with Gasteiger partial charge in [-0.25, -0.2) is 9.48 Å². The minimum Gasteiger partial charge on any atom is -0.476 e. The van der Waals surface area contributed by atoms with Crippen LogP contribution in [0.5, 0.6) is 0 Å². The van der Waals surface area contributed by atoms with Gasteiger partial charge in [-0.15, -0.1) is 0 Å². The van der Waals surface area contributed by atoms with Crippen LogP contribution in [0.1, 0.15) is 22.5 Å². The number of rotatable bonds is 5. The molecule has 0 unspecified atom stereocenters. The number of hydrogen-bond donors (Lipinski definition) is 2. The molecule has 5 nitrogen and oxygen atoms in total. The standard InChI is InChI=1S/C13H11Cl3N2O3/c14-8-4-9(15)12(10(16)5-8)18-6-7(2-1-3-19)11(17-18)13(20)21/h4-6,19H,1-3H2,(H,20,21). The summed E-state index contributed by atoms with van der Waals surface area (Å²) < 4.78 is 1.32. The van der Waals surface area contributed by atoms with E-state index in [4.69, 9.17) is 39.9 Å². The Morgan fingerprint density at radius 2 is 1.86 bits per heavy atom. The topological polar surface area (TPSA) is 75.3 Å². The van der Waals surface area contributed by atoms with E-state index in [1.54, 1.807) is 6.20 Å². The number of aliphatic hydroxyl groups is 1. The highest BCUT2D eigenvalue weighted by Crippen LogP contribution is 2.32. The zero-order valence-electron chi connectivity index (χ0n) is 10.7. The molecular weight excluding hydrogens is 339 g/mol. The number of carbonyl (C=O) groups is 1. The van der Waals surface area contributed by atoms with E-state index >= 15 is 0 Å². The van der Waals surface area contributed by atoms with Crippen LogP contribution in [-0.4, -0.2) is 32.6 Å². The molecule has 1 heterocycles. The Balaban J connectivity index is 2.52. The Kier molecular flexibility index (Phi) is 5.11. The Hall–Kier alpha value is -1.27. The van der Waals surface area contributed by atoms with E-state index in [1.807, 2.05) is 0 Å². The van der Waals surface area contributed by atoms with Crippen LogP contribution in [-0.2, 0) is 6.42 Å². The monoisotopic (exact) mass is 348 g/mol.